The van der Waals surface area contributed by atoms with E-state index in [1.54, 1.807) is 6.07 Å². The summed E-state index contributed by atoms with van der Waals surface area (Å²) in [6, 6.07) is 8.10. The summed E-state index contributed by atoms with van der Waals surface area (Å²) < 4.78 is 14.7. The molecule has 2 aromatic rings. The van der Waals surface area contributed by atoms with E-state index in [0.29, 0.717) is 5.56 Å². The van der Waals surface area contributed by atoms with Gasteiger partial charge < -0.3 is 20.6 Å². The fourth-order valence-electron chi connectivity index (χ4n) is 3.65. The quantitative estimate of drug-likeness (QED) is 0.436. The predicted octanol–water partition coefficient (Wildman–Crippen LogP) is 2.28. The Bertz CT molecular complexity index is 1170. The van der Waals surface area contributed by atoms with E-state index < -0.39 is 48.0 Å². The van der Waals surface area contributed by atoms with E-state index in [1.807, 2.05) is 31.2 Å². The first-order valence-corrected chi connectivity index (χ1v) is 10.2. The minimum absolute atomic E-state index is 0. The zero-order valence-corrected chi connectivity index (χ0v) is 18.4. The first-order valence-electron chi connectivity index (χ1n) is 10.2. The van der Waals surface area contributed by atoms with E-state index in [9.17, 15) is 28.7 Å². The third-order valence-electron chi connectivity index (χ3n) is 5.32. The van der Waals surface area contributed by atoms with Crippen LogP contribution in [0.1, 0.15) is 30.5 Å². The zero-order valence-electron chi connectivity index (χ0n) is 18.4. The molecule has 2 atom stereocenters. The Morgan fingerprint density at radius 3 is 2.44 bits per heavy atom. The second-order valence-electron chi connectivity index (χ2n) is 7.93. The van der Waals surface area contributed by atoms with Gasteiger partial charge in [0.15, 0.2) is 11.8 Å². The number of aryl methyl sites for hydroxylation is 1. The van der Waals surface area contributed by atoms with Crippen molar-refractivity contribution in [3.63, 3.8) is 0 Å². The number of likely N-dealkylation sites (N-methyl/N-ethyl adjacent to an activating group) is 1. The van der Waals surface area contributed by atoms with Gasteiger partial charge >= 0.3 is 41.6 Å². The molecule has 0 aliphatic carbocycles. The van der Waals surface area contributed by atoms with Gasteiger partial charge in [-0.05, 0) is 37.1 Å². The van der Waals surface area contributed by atoms with E-state index in [2.05, 4.69) is 10.6 Å². The average Bonchev–Trinajstić information content (AvgIpc) is 2.75. The van der Waals surface area contributed by atoms with Crippen molar-refractivity contribution in [2.45, 2.75) is 32.4 Å². The molecule has 10 heteroatoms. The number of nitrogens with zero attached hydrogens (tertiary/aromatic N) is 1. The number of benzene rings is 2. The van der Waals surface area contributed by atoms with Crippen molar-refractivity contribution in [3.05, 3.63) is 71.2 Å². The van der Waals surface area contributed by atoms with Crippen molar-refractivity contribution in [3.8, 4) is 11.1 Å². The number of Topliss-reactive ketones (excluding diaryl/α,β-unsaturated/α-hetero) is 1. The molecule has 1 aliphatic rings. The fraction of sp³-hybridized carbons (Fsp3) is 0.250. The molecule has 0 aromatic heterocycles. The summed E-state index contributed by atoms with van der Waals surface area (Å²) in [5, 5.41) is 14.0. The molecule has 0 bridgehead atoms. The average molecular weight is 477 g/mol. The van der Waals surface area contributed by atoms with Crippen LogP contribution in [0.15, 0.2) is 54.2 Å². The van der Waals surface area contributed by atoms with Gasteiger partial charge in [0.25, 0.3) is 5.91 Å². The van der Waals surface area contributed by atoms with Gasteiger partial charge in [-0.15, -0.1) is 0 Å². The second-order valence-corrected chi connectivity index (χ2v) is 7.93. The molecule has 3 rings (SSSR count). The van der Waals surface area contributed by atoms with E-state index in [4.69, 9.17) is 0 Å². The SMILES string of the molecule is CC1=CN(C)C(=O)C(NC(=O)N[C@@H](CC(=O)O)c2cc(-c3cccc(C)c3)ccc2F)C1=O.[NaH]. The number of aliphatic carboxylic acids is 1. The standard InChI is InChI=1S/C24H24FN3O5.Na.H/c1-13-5-4-6-15(9-13)16-7-8-18(25)17(10-16)19(11-20(29)30)26-24(33)27-21-22(31)14(2)12-28(3)23(21)32;;/h4-10,12,19,21H,11H2,1-3H3,(H,29,30)(H2,26,27,33);;/t19-,21?;;/m0../s1. The van der Waals surface area contributed by atoms with Gasteiger partial charge in [0.1, 0.15) is 5.82 Å². The van der Waals surface area contributed by atoms with Crippen LogP contribution in [0, 0.1) is 12.7 Å². The normalized spacial score (nSPS) is 16.3. The van der Waals surface area contributed by atoms with Crippen LogP contribution in [0.3, 0.4) is 0 Å². The molecule has 0 saturated heterocycles. The van der Waals surface area contributed by atoms with Crippen molar-refractivity contribution < 1.29 is 28.7 Å². The van der Waals surface area contributed by atoms with Gasteiger partial charge in [-0.3, -0.25) is 14.4 Å². The Kier molecular flexibility index (Phi) is 9.14. The van der Waals surface area contributed by atoms with Gasteiger partial charge in [0.05, 0.1) is 12.5 Å². The number of hydrogen-bond donors (Lipinski definition) is 3. The molecule has 34 heavy (non-hydrogen) atoms. The number of halogens is 1. The Balaban J connectivity index is 0.00000408. The summed E-state index contributed by atoms with van der Waals surface area (Å²) in [5.41, 5.74) is 2.70. The topological polar surface area (TPSA) is 116 Å². The molecule has 3 N–H and O–H groups in total. The van der Waals surface area contributed by atoms with Crippen LogP contribution in [0.4, 0.5) is 9.18 Å². The van der Waals surface area contributed by atoms with Gasteiger partial charge in [0.2, 0.25) is 0 Å². The van der Waals surface area contributed by atoms with Crippen LogP contribution in [0.5, 0.6) is 0 Å². The summed E-state index contributed by atoms with van der Waals surface area (Å²) in [5.74, 6) is -3.16. The molecule has 174 valence electrons. The van der Waals surface area contributed by atoms with Crippen molar-refractivity contribution in [1.29, 1.82) is 0 Å². The molecule has 1 heterocycles. The van der Waals surface area contributed by atoms with E-state index in [0.717, 1.165) is 11.1 Å². The fourth-order valence-corrected chi connectivity index (χ4v) is 3.65. The predicted molar refractivity (Wildman–Crippen MR) is 126 cm³/mol. The Hall–Kier alpha value is -3.01. The van der Waals surface area contributed by atoms with Crippen LogP contribution in [0.2, 0.25) is 0 Å². The summed E-state index contributed by atoms with van der Waals surface area (Å²) in [4.78, 5) is 49.9. The van der Waals surface area contributed by atoms with E-state index >= 15 is 0 Å². The third-order valence-corrected chi connectivity index (χ3v) is 5.32. The number of carbonyl (C=O) groups is 4. The number of urea groups is 1. The van der Waals surface area contributed by atoms with Crippen LogP contribution in [0.25, 0.3) is 11.1 Å². The number of amides is 3. The number of carboxylic acids is 1. The van der Waals surface area contributed by atoms with E-state index in [1.165, 1.54) is 37.2 Å². The van der Waals surface area contributed by atoms with Gasteiger partial charge in [-0.2, -0.15) is 0 Å². The summed E-state index contributed by atoms with van der Waals surface area (Å²) in [6.45, 7) is 3.42. The van der Waals surface area contributed by atoms with Gasteiger partial charge in [0, 0.05) is 24.4 Å². The van der Waals surface area contributed by atoms with Crippen molar-refractivity contribution in [2.24, 2.45) is 0 Å². The Morgan fingerprint density at radius 2 is 1.79 bits per heavy atom. The molecule has 3 amide bonds. The number of carboxylic acid groups (broad SMARTS) is 1. The van der Waals surface area contributed by atoms with Gasteiger partial charge in [-0.1, -0.05) is 35.9 Å². The molecule has 1 unspecified atom stereocenters. The molecule has 8 nitrogen and oxygen atoms in total. The van der Waals surface area contributed by atoms with Crippen LogP contribution >= 0.6 is 0 Å². The Labute approximate surface area is 218 Å². The molecule has 1 aliphatic heterocycles. The van der Waals surface area contributed by atoms with Crippen molar-refractivity contribution >= 4 is 53.2 Å². The monoisotopic (exact) mass is 477 g/mol. The summed E-state index contributed by atoms with van der Waals surface area (Å²) >= 11 is 0. The summed E-state index contributed by atoms with van der Waals surface area (Å²) in [6.07, 6.45) is 0.757. The Morgan fingerprint density at radius 1 is 1.12 bits per heavy atom. The first-order chi connectivity index (χ1) is 15.6. The molecular weight excluding hydrogens is 452 g/mol. The number of nitrogens with one attached hydrogen (secondary N) is 2. The molecule has 0 radical (unpaired) electrons. The molecule has 0 saturated carbocycles. The number of carbonyl (C=O) groups excluding carboxylic acids is 3. The summed E-state index contributed by atoms with van der Waals surface area (Å²) in [7, 11) is 1.45. The maximum atomic E-state index is 14.7. The third kappa shape index (κ3) is 6.31. The van der Waals surface area contributed by atoms with Crippen molar-refractivity contribution in [2.75, 3.05) is 7.05 Å². The maximum absolute atomic E-state index is 14.7. The second kappa shape index (κ2) is 11.4. The molecule has 0 fully saturated rings. The molecule has 2 aromatic carbocycles. The molecule has 0 spiro atoms. The number of hydrogen-bond acceptors (Lipinski definition) is 4. The van der Waals surface area contributed by atoms with E-state index in [-0.39, 0.29) is 40.7 Å². The van der Waals surface area contributed by atoms with Crippen molar-refractivity contribution in [1.82, 2.24) is 15.5 Å². The van der Waals surface area contributed by atoms with Crippen LogP contribution < -0.4 is 10.6 Å². The zero-order chi connectivity index (χ0) is 24.3. The minimum atomic E-state index is -1.45. The van der Waals surface area contributed by atoms with Gasteiger partial charge in [-0.25, -0.2) is 9.18 Å². The first kappa shape index (κ1) is 27.2. The van der Waals surface area contributed by atoms with Crippen LogP contribution in [-0.4, -0.2) is 76.3 Å². The molecular formula is C24H25FN3NaO5. The van der Waals surface area contributed by atoms with Crippen LogP contribution in [-0.2, 0) is 14.4 Å². The number of rotatable bonds is 6. The number of ketones is 1.